The van der Waals surface area contributed by atoms with Crippen LogP contribution in [0.4, 0.5) is 0 Å². The van der Waals surface area contributed by atoms with Gasteiger partial charge in [0.2, 0.25) is 5.91 Å². The van der Waals surface area contributed by atoms with Gasteiger partial charge in [0.1, 0.15) is 18.4 Å². The quantitative estimate of drug-likeness (QED) is 0.360. The van der Waals surface area contributed by atoms with Crippen molar-refractivity contribution in [2.75, 3.05) is 40.3 Å². The van der Waals surface area contributed by atoms with Crippen LogP contribution in [-0.2, 0) is 16.0 Å². The van der Waals surface area contributed by atoms with Crippen LogP contribution in [0.2, 0.25) is 0 Å². The van der Waals surface area contributed by atoms with Crippen LogP contribution in [-0.4, -0.2) is 69.3 Å². The highest BCUT2D eigenvalue weighted by atomic mass is 127. The van der Waals surface area contributed by atoms with E-state index in [1.807, 2.05) is 18.2 Å². The van der Waals surface area contributed by atoms with Gasteiger partial charge >= 0.3 is 0 Å². The monoisotopic (exact) mass is 488 g/mol. The lowest BCUT2D eigenvalue weighted by molar-refractivity contribution is -0.127. The number of nitrogens with one attached hydrogen (secondary N) is 2. The number of guanidine groups is 1. The molecule has 2 N–H and O–H groups in total. The third-order valence-corrected chi connectivity index (χ3v) is 4.60. The minimum Gasteiger partial charge on any atom is -0.488 e. The summed E-state index contributed by atoms with van der Waals surface area (Å²) in [5.41, 5.74) is 1.23. The van der Waals surface area contributed by atoms with Crippen molar-refractivity contribution in [3.63, 3.8) is 0 Å². The summed E-state index contributed by atoms with van der Waals surface area (Å²) < 4.78 is 11.6. The number of hydrogen-bond donors (Lipinski definition) is 2. The van der Waals surface area contributed by atoms with E-state index < -0.39 is 0 Å². The Morgan fingerprint density at radius 3 is 2.63 bits per heavy atom. The van der Waals surface area contributed by atoms with E-state index in [2.05, 4.69) is 21.7 Å². The Morgan fingerprint density at radius 2 is 1.96 bits per heavy atom. The Morgan fingerprint density at radius 1 is 1.22 bits per heavy atom. The van der Waals surface area contributed by atoms with Crippen LogP contribution in [0.3, 0.4) is 0 Å². The summed E-state index contributed by atoms with van der Waals surface area (Å²) in [6.07, 6.45) is 3.29. The Bertz CT molecular complexity index is 623. The van der Waals surface area contributed by atoms with Crippen LogP contribution in [0.1, 0.15) is 18.4 Å². The highest BCUT2D eigenvalue weighted by molar-refractivity contribution is 14.0. The Labute approximate surface area is 177 Å². The van der Waals surface area contributed by atoms with Gasteiger partial charge in [-0.15, -0.1) is 24.0 Å². The second-order valence-electron chi connectivity index (χ2n) is 6.90. The predicted octanol–water partition coefficient (Wildman–Crippen LogP) is 1.41. The van der Waals surface area contributed by atoms with E-state index in [0.29, 0.717) is 19.0 Å². The molecule has 2 aliphatic rings. The van der Waals surface area contributed by atoms with E-state index in [1.165, 1.54) is 10.5 Å². The first-order chi connectivity index (χ1) is 12.6. The van der Waals surface area contributed by atoms with E-state index in [4.69, 9.17) is 9.47 Å². The molecule has 7 nitrogen and oxygen atoms in total. The van der Waals surface area contributed by atoms with Gasteiger partial charge in [0, 0.05) is 33.7 Å². The topological polar surface area (TPSA) is 75.2 Å². The molecule has 8 heteroatoms. The van der Waals surface area contributed by atoms with Gasteiger partial charge in [-0.05, 0) is 24.5 Å². The Hall–Kier alpha value is -1.55. The number of rotatable bonds is 6. The fraction of sp³-hybridized carbons (Fsp3) is 0.579. The Balaban J connectivity index is 0.00000261. The standard InChI is InChI=1S/C19H28N4O3.HI/c1-23(2)18(24)13-22-19(20-11-15-7-5-9-25-15)21-12-16-10-14-6-3-4-8-17(14)26-16;/h3-4,6,8,15-16H,5,7,9-13H2,1-2H3,(H2,20,21,22);1H. The smallest absolute Gasteiger partial charge is 0.243 e. The highest BCUT2D eigenvalue weighted by Gasteiger charge is 2.22. The molecular weight excluding hydrogens is 459 g/mol. The van der Waals surface area contributed by atoms with Crippen LogP contribution in [0.15, 0.2) is 29.3 Å². The van der Waals surface area contributed by atoms with Gasteiger partial charge in [0.25, 0.3) is 0 Å². The van der Waals surface area contributed by atoms with Crippen molar-refractivity contribution >= 4 is 35.8 Å². The number of nitrogens with zero attached hydrogens (tertiary/aromatic N) is 2. The third-order valence-electron chi connectivity index (χ3n) is 4.60. The fourth-order valence-electron chi connectivity index (χ4n) is 3.06. The largest absolute Gasteiger partial charge is 0.488 e. The molecule has 150 valence electrons. The number of halogens is 1. The number of para-hydroxylation sites is 1. The molecule has 0 aliphatic carbocycles. The van der Waals surface area contributed by atoms with Crippen LogP contribution in [0.5, 0.6) is 5.75 Å². The Kier molecular flexibility index (Phi) is 8.62. The lowest BCUT2D eigenvalue weighted by Crippen LogP contribution is -2.45. The maximum atomic E-state index is 11.8. The van der Waals surface area contributed by atoms with Gasteiger partial charge in [0.05, 0.1) is 12.6 Å². The van der Waals surface area contributed by atoms with Crippen molar-refractivity contribution in [3.8, 4) is 5.75 Å². The molecule has 0 bridgehead atoms. The molecule has 27 heavy (non-hydrogen) atoms. The fourth-order valence-corrected chi connectivity index (χ4v) is 3.06. The average molecular weight is 488 g/mol. The lowest BCUT2D eigenvalue weighted by Gasteiger charge is -2.18. The normalized spacial score (nSPS) is 21.0. The molecule has 3 rings (SSSR count). The predicted molar refractivity (Wildman–Crippen MR) is 116 cm³/mol. The van der Waals surface area contributed by atoms with Gasteiger partial charge < -0.3 is 25.0 Å². The zero-order chi connectivity index (χ0) is 18.4. The number of amides is 1. The third kappa shape index (κ3) is 6.53. The van der Waals surface area contributed by atoms with Crippen molar-refractivity contribution in [1.82, 2.24) is 15.5 Å². The molecule has 1 amide bonds. The van der Waals surface area contributed by atoms with E-state index in [1.54, 1.807) is 14.1 Å². The van der Waals surface area contributed by atoms with Crippen molar-refractivity contribution < 1.29 is 14.3 Å². The minimum atomic E-state index is -0.0345. The molecule has 0 radical (unpaired) electrons. The molecule has 0 spiro atoms. The minimum absolute atomic E-state index is 0. The number of hydrogen-bond acceptors (Lipinski definition) is 4. The summed E-state index contributed by atoms with van der Waals surface area (Å²) in [4.78, 5) is 17.8. The second kappa shape index (κ2) is 10.7. The first-order valence-corrected chi connectivity index (χ1v) is 9.20. The van der Waals surface area contributed by atoms with E-state index in [9.17, 15) is 4.79 Å². The first kappa shape index (κ1) is 21.7. The molecule has 0 saturated carbocycles. The average Bonchev–Trinajstić information content (AvgIpc) is 3.29. The number of likely N-dealkylation sites (N-methyl/N-ethyl adjacent to an activating group) is 1. The van der Waals surface area contributed by atoms with Crippen LogP contribution >= 0.6 is 24.0 Å². The SMILES string of the molecule is CN(C)C(=O)CN=C(NCC1CCCO1)NCC1Cc2ccccc2O1.I. The molecule has 1 aromatic rings. The maximum Gasteiger partial charge on any atom is 0.243 e. The zero-order valence-electron chi connectivity index (χ0n) is 15.9. The molecule has 2 atom stereocenters. The lowest BCUT2D eigenvalue weighted by atomic mass is 10.1. The molecule has 0 aromatic heterocycles. The molecule has 1 fully saturated rings. The number of carbonyl (C=O) groups excluding carboxylic acids is 1. The number of aliphatic imine (C=N–C) groups is 1. The van der Waals surface area contributed by atoms with Gasteiger partial charge in [-0.3, -0.25) is 4.79 Å². The van der Waals surface area contributed by atoms with Crippen molar-refractivity contribution in [2.24, 2.45) is 4.99 Å². The molecule has 1 saturated heterocycles. The molecule has 1 aromatic carbocycles. The van der Waals surface area contributed by atoms with E-state index >= 15 is 0 Å². The van der Waals surface area contributed by atoms with Crippen molar-refractivity contribution in [2.45, 2.75) is 31.5 Å². The summed E-state index contributed by atoms with van der Waals surface area (Å²) in [5, 5.41) is 6.59. The van der Waals surface area contributed by atoms with Crippen LogP contribution in [0.25, 0.3) is 0 Å². The molecule has 2 unspecified atom stereocenters. The highest BCUT2D eigenvalue weighted by Crippen LogP contribution is 2.27. The number of benzene rings is 1. The summed E-state index contributed by atoms with van der Waals surface area (Å²) in [7, 11) is 3.46. The van der Waals surface area contributed by atoms with Gasteiger partial charge in [-0.25, -0.2) is 4.99 Å². The summed E-state index contributed by atoms with van der Waals surface area (Å²) >= 11 is 0. The van der Waals surface area contributed by atoms with Gasteiger partial charge in [-0.2, -0.15) is 0 Å². The number of ether oxygens (including phenoxy) is 2. The van der Waals surface area contributed by atoms with E-state index in [-0.39, 0.29) is 48.6 Å². The molecular formula is C19H29IN4O3. The first-order valence-electron chi connectivity index (χ1n) is 9.20. The van der Waals surface area contributed by atoms with Gasteiger partial charge in [0.15, 0.2) is 5.96 Å². The number of fused-ring (bicyclic) bond motifs is 1. The van der Waals surface area contributed by atoms with Crippen molar-refractivity contribution in [3.05, 3.63) is 29.8 Å². The van der Waals surface area contributed by atoms with Gasteiger partial charge in [-0.1, -0.05) is 18.2 Å². The van der Waals surface area contributed by atoms with E-state index in [0.717, 1.165) is 31.6 Å². The second-order valence-corrected chi connectivity index (χ2v) is 6.90. The maximum absolute atomic E-state index is 11.8. The summed E-state index contributed by atoms with van der Waals surface area (Å²) in [6.45, 7) is 2.25. The van der Waals surface area contributed by atoms with Crippen molar-refractivity contribution in [1.29, 1.82) is 0 Å². The summed E-state index contributed by atoms with van der Waals surface area (Å²) in [5.74, 6) is 1.54. The van der Waals surface area contributed by atoms with Crippen LogP contribution < -0.4 is 15.4 Å². The molecule has 2 heterocycles. The molecule has 2 aliphatic heterocycles. The van der Waals surface area contributed by atoms with Crippen LogP contribution in [0, 0.1) is 0 Å². The summed E-state index contributed by atoms with van der Waals surface area (Å²) in [6, 6.07) is 8.10. The zero-order valence-corrected chi connectivity index (χ0v) is 18.3. The number of carbonyl (C=O) groups is 1.